The summed E-state index contributed by atoms with van der Waals surface area (Å²) >= 11 is 0. The topological polar surface area (TPSA) is 0 Å². The molecule has 2 unspecified atom stereocenters. The molecule has 1 aliphatic carbocycles. The zero-order valence-corrected chi connectivity index (χ0v) is 8.81. The van der Waals surface area contributed by atoms with Crippen molar-refractivity contribution in [2.75, 3.05) is 0 Å². The fourth-order valence-electron chi connectivity index (χ4n) is 2.71. The largest absolute Gasteiger partial charge is 0.0654 e. The lowest BCUT2D eigenvalue weighted by Gasteiger charge is -2.18. The molecule has 12 heavy (non-hydrogen) atoms. The Labute approximate surface area is 77.7 Å². The van der Waals surface area contributed by atoms with Crippen molar-refractivity contribution in [2.45, 2.75) is 65.2 Å². The molecule has 2 atom stereocenters. The lowest BCUT2D eigenvalue weighted by atomic mass is 9.88. The van der Waals surface area contributed by atoms with Crippen molar-refractivity contribution in [3.8, 4) is 0 Å². The highest BCUT2D eigenvalue weighted by molar-refractivity contribution is 4.76. The van der Waals surface area contributed by atoms with E-state index in [4.69, 9.17) is 0 Å². The number of rotatable bonds is 5. The van der Waals surface area contributed by atoms with Gasteiger partial charge in [0.05, 0.1) is 0 Å². The molecule has 0 aromatic carbocycles. The summed E-state index contributed by atoms with van der Waals surface area (Å²) in [6, 6.07) is 0. The molecule has 0 heterocycles. The Morgan fingerprint density at radius 2 is 1.58 bits per heavy atom. The molecule has 72 valence electrons. The van der Waals surface area contributed by atoms with Gasteiger partial charge in [-0.1, -0.05) is 65.2 Å². The molecule has 0 heteroatoms. The summed E-state index contributed by atoms with van der Waals surface area (Å²) < 4.78 is 0. The third-order valence-electron chi connectivity index (χ3n) is 3.40. The van der Waals surface area contributed by atoms with Crippen LogP contribution < -0.4 is 0 Å². The lowest BCUT2D eigenvalue weighted by Crippen LogP contribution is -2.07. The van der Waals surface area contributed by atoms with Gasteiger partial charge in [-0.3, -0.25) is 0 Å². The van der Waals surface area contributed by atoms with Gasteiger partial charge in [-0.2, -0.15) is 0 Å². The van der Waals surface area contributed by atoms with Crippen molar-refractivity contribution in [1.82, 2.24) is 0 Å². The Morgan fingerprint density at radius 1 is 0.917 bits per heavy atom. The Balaban J connectivity index is 2.20. The molecule has 0 aromatic heterocycles. The molecular weight excluding hydrogens is 144 g/mol. The van der Waals surface area contributed by atoms with Crippen LogP contribution in [0.25, 0.3) is 0 Å². The van der Waals surface area contributed by atoms with Crippen LogP contribution in [-0.4, -0.2) is 0 Å². The van der Waals surface area contributed by atoms with E-state index in [1.54, 1.807) is 0 Å². The van der Waals surface area contributed by atoms with E-state index >= 15 is 0 Å². The van der Waals surface area contributed by atoms with Crippen LogP contribution in [0.15, 0.2) is 0 Å². The molecule has 0 saturated heterocycles. The van der Waals surface area contributed by atoms with Gasteiger partial charge in [-0.05, 0) is 11.8 Å². The molecule has 0 spiro atoms. The summed E-state index contributed by atoms with van der Waals surface area (Å²) in [6.45, 7) is 4.64. The smallest absolute Gasteiger partial charge is 0.0386 e. The van der Waals surface area contributed by atoms with E-state index in [2.05, 4.69) is 13.8 Å². The Bertz CT molecular complexity index is 107. The molecule has 0 radical (unpaired) electrons. The van der Waals surface area contributed by atoms with Crippen molar-refractivity contribution in [1.29, 1.82) is 0 Å². The van der Waals surface area contributed by atoms with Crippen LogP contribution in [0.4, 0.5) is 0 Å². The molecule has 0 bridgehead atoms. The predicted octanol–water partition coefficient (Wildman–Crippen LogP) is 4.39. The standard InChI is InChI=1S/C12H24/c1-3-5-8-12-10-6-9-11(12)7-4-2/h11-12H,3-10H2,1-2H3. The molecule has 1 fully saturated rings. The van der Waals surface area contributed by atoms with Crippen molar-refractivity contribution < 1.29 is 0 Å². The van der Waals surface area contributed by atoms with Crippen LogP contribution in [0.5, 0.6) is 0 Å². The van der Waals surface area contributed by atoms with E-state index in [-0.39, 0.29) is 0 Å². The minimum atomic E-state index is 1.10. The highest BCUT2D eigenvalue weighted by Gasteiger charge is 2.25. The van der Waals surface area contributed by atoms with Crippen molar-refractivity contribution in [2.24, 2.45) is 11.8 Å². The van der Waals surface area contributed by atoms with Gasteiger partial charge in [0, 0.05) is 0 Å². The maximum Gasteiger partial charge on any atom is -0.0386 e. The van der Waals surface area contributed by atoms with Crippen LogP contribution in [0.2, 0.25) is 0 Å². The molecule has 0 aliphatic heterocycles. The molecule has 0 aromatic rings. The highest BCUT2D eigenvalue weighted by Crippen LogP contribution is 2.37. The Hall–Kier alpha value is 0. The lowest BCUT2D eigenvalue weighted by molar-refractivity contribution is 0.333. The maximum absolute atomic E-state index is 2.33. The average Bonchev–Trinajstić information content (AvgIpc) is 2.50. The van der Waals surface area contributed by atoms with E-state index in [1.165, 1.54) is 51.4 Å². The van der Waals surface area contributed by atoms with Crippen LogP contribution >= 0.6 is 0 Å². The van der Waals surface area contributed by atoms with Gasteiger partial charge in [0.25, 0.3) is 0 Å². The molecule has 1 rings (SSSR count). The summed E-state index contributed by atoms with van der Waals surface area (Å²) in [5.74, 6) is 2.20. The molecule has 0 nitrogen and oxygen atoms in total. The number of hydrogen-bond donors (Lipinski definition) is 0. The first-order chi connectivity index (χ1) is 5.88. The van der Waals surface area contributed by atoms with Crippen molar-refractivity contribution >= 4 is 0 Å². The average molecular weight is 168 g/mol. The summed E-state index contributed by atoms with van der Waals surface area (Å²) in [5.41, 5.74) is 0. The van der Waals surface area contributed by atoms with E-state index < -0.39 is 0 Å². The van der Waals surface area contributed by atoms with E-state index in [0.29, 0.717) is 0 Å². The van der Waals surface area contributed by atoms with E-state index in [1.807, 2.05) is 0 Å². The second-order valence-electron chi connectivity index (χ2n) is 4.38. The SMILES string of the molecule is CCCCC1CCCC1CCC. The first-order valence-electron chi connectivity index (χ1n) is 5.88. The summed E-state index contributed by atoms with van der Waals surface area (Å²) in [4.78, 5) is 0. The molecule has 0 N–H and O–H groups in total. The van der Waals surface area contributed by atoms with Gasteiger partial charge >= 0.3 is 0 Å². The van der Waals surface area contributed by atoms with Crippen LogP contribution in [0.3, 0.4) is 0 Å². The zero-order chi connectivity index (χ0) is 8.81. The van der Waals surface area contributed by atoms with Gasteiger partial charge in [-0.25, -0.2) is 0 Å². The third-order valence-corrected chi connectivity index (χ3v) is 3.40. The monoisotopic (exact) mass is 168 g/mol. The van der Waals surface area contributed by atoms with Crippen molar-refractivity contribution in [3.63, 3.8) is 0 Å². The van der Waals surface area contributed by atoms with E-state index in [0.717, 1.165) is 11.8 Å². The molecular formula is C12H24. The minimum Gasteiger partial charge on any atom is -0.0654 e. The first kappa shape index (κ1) is 10.1. The van der Waals surface area contributed by atoms with Gasteiger partial charge in [0.1, 0.15) is 0 Å². The van der Waals surface area contributed by atoms with Gasteiger partial charge in [-0.15, -0.1) is 0 Å². The highest BCUT2D eigenvalue weighted by atomic mass is 14.3. The summed E-state index contributed by atoms with van der Waals surface area (Å²) in [7, 11) is 0. The van der Waals surface area contributed by atoms with E-state index in [9.17, 15) is 0 Å². The normalized spacial score (nSPS) is 29.5. The Morgan fingerprint density at radius 3 is 2.17 bits per heavy atom. The van der Waals surface area contributed by atoms with Gasteiger partial charge in [0.2, 0.25) is 0 Å². The molecule has 1 aliphatic rings. The maximum atomic E-state index is 2.33. The first-order valence-corrected chi connectivity index (χ1v) is 5.88. The fourth-order valence-corrected chi connectivity index (χ4v) is 2.71. The summed E-state index contributed by atoms with van der Waals surface area (Å²) in [5, 5.41) is 0. The molecule has 0 amide bonds. The second-order valence-corrected chi connectivity index (χ2v) is 4.38. The molecule has 1 saturated carbocycles. The summed E-state index contributed by atoms with van der Waals surface area (Å²) in [6.07, 6.45) is 11.8. The van der Waals surface area contributed by atoms with Crippen molar-refractivity contribution in [3.05, 3.63) is 0 Å². The quantitative estimate of drug-likeness (QED) is 0.571. The van der Waals surface area contributed by atoms with Crippen LogP contribution in [-0.2, 0) is 0 Å². The zero-order valence-electron chi connectivity index (χ0n) is 8.81. The number of hydrogen-bond acceptors (Lipinski definition) is 0. The number of unbranched alkanes of at least 4 members (excludes halogenated alkanes) is 1. The predicted molar refractivity (Wildman–Crippen MR) is 55.3 cm³/mol. The second kappa shape index (κ2) is 5.61. The third kappa shape index (κ3) is 2.80. The van der Waals surface area contributed by atoms with Gasteiger partial charge in [0.15, 0.2) is 0 Å². The van der Waals surface area contributed by atoms with Crippen LogP contribution in [0.1, 0.15) is 65.2 Å². The van der Waals surface area contributed by atoms with Crippen LogP contribution in [0, 0.1) is 11.8 Å². The van der Waals surface area contributed by atoms with Gasteiger partial charge < -0.3 is 0 Å². The Kier molecular flexibility index (Phi) is 4.72. The fraction of sp³-hybridized carbons (Fsp3) is 1.00. The minimum absolute atomic E-state index is 1.10.